The summed E-state index contributed by atoms with van der Waals surface area (Å²) in [6.07, 6.45) is 1.73. The van der Waals surface area contributed by atoms with E-state index in [9.17, 15) is 0 Å². The van der Waals surface area contributed by atoms with Crippen molar-refractivity contribution in [3.8, 4) is 0 Å². The van der Waals surface area contributed by atoms with Crippen LogP contribution in [0, 0.1) is 0 Å². The highest BCUT2D eigenvalue weighted by Crippen LogP contribution is 2.08. The van der Waals surface area contributed by atoms with Gasteiger partial charge in [-0.05, 0) is 6.92 Å². The second-order valence-corrected chi connectivity index (χ2v) is 2.74. The molecule has 3 heteroatoms. The Balaban J connectivity index is 2.23. The van der Waals surface area contributed by atoms with Crippen LogP contribution in [0.25, 0.3) is 0 Å². The maximum atomic E-state index is 5.33. The number of ether oxygens (including phenoxy) is 2. The van der Waals surface area contributed by atoms with Crippen molar-refractivity contribution in [3.63, 3.8) is 0 Å². The summed E-state index contributed by atoms with van der Waals surface area (Å²) < 4.78 is 10.3. The molecule has 0 spiro atoms. The monoisotopic (exact) mass is 167 g/mol. The van der Waals surface area contributed by atoms with Crippen molar-refractivity contribution in [2.45, 2.75) is 13.0 Å². The molecule has 3 nitrogen and oxygen atoms in total. The first kappa shape index (κ1) is 9.00. The van der Waals surface area contributed by atoms with Crippen molar-refractivity contribution in [1.29, 1.82) is 0 Å². The Bertz CT molecular complexity index is 217. The minimum atomic E-state index is 0.161. The number of aliphatic imine (C=N–C) groups is 1. The second kappa shape index (κ2) is 4.07. The minimum Gasteiger partial charge on any atom is -0.485 e. The van der Waals surface area contributed by atoms with Gasteiger partial charge in [0.25, 0.3) is 0 Å². The molecule has 1 aliphatic heterocycles. The van der Waals surface area contributed by atoms with Gasteiger partial charge in [-0.25, -0.2) is 0 Å². The SMILES string of the molecule is C=C(C)N=CC(=C)OC1COC1. The van der Waals surface area contributed by atoms with Gasteiger partial charge < -0.3 is 9.47 Å². The summed E-state index contributed by atoms with van der Waals surface area (Å²) in [7, 11) is 0. The first-order valence-electron chi connectivity index (χ1n) is 3.81. The fraction of sp³-hybridized carbons (Fsp3) is 0.444. The smallest absolute Gasteiger partial charge is 0.145 e. The molecule has 0 aromatic heterocycles. The summed E-state index contributed by atoms with van der Waals surface area (Å²) in [6.45, 7) is 10.4. The lowest BCUT2D eigenvalue weighted by Gasteiger charge is -2.26. The van der Waals surface area contributed by atoms with Crippen molar-refractivity contribution in [1.82, 2.24) is 0 Å². The van der Waals surface area contributed by atoms with Gasteiger partial charge >= 0.3 is 0 Å². The van der Waals surface area contributed by atoms with E-state index in [0.29, 0.717) is 19.0 Å². The van der Waals surface area contributed by atoms with Crippen LogP contribution in [0.15, 0.2) is 29.6 Å². The number of nitrogens with zero attached hydrogens (tertiary/aromatic N) is 1. The van der Waals surface area contributed by atoms with E-state index in [1.54, 1.807) is 6.21 Å². The van der Waals surface area contributed by atoms with Gasteiger partial charge in [0.05, 0.1) is 19.4 Å². The normalized spacial score (nSPS) is 17.4. The molecule has 0 radical (unpaired) electrons. The van der Waals surface area contributed by atoms with Gasteiger partial charge in [0.1, 0.15) is 11.9 Å². The van der Waals surface area contributed by atoms with E-state index in [4.69, 9.17) is 9.47 Å². The molecule has 66 valence electrons. The lowest BCUT2D eigenvalue weighted by molar-refractivity contribution is -0.103. The maximum absolute atomic E-state index is 5.33. The zero-order valence-electron chi connectivity index (χ0n) is 7.25. The predicted octanol–water partition coefficient (Wildman–Crippen LogP) is 1.52. The number of hydrogen-bond donors (Lipinski definition) is 0. The molecule has 1 heterocycles. The largest absolute Gasteiger partial charge is 0.485 e. The van der Waals surface area contributed by atoms with Crippen molar-refractivity contribution in [2.75, 3.05) is 13.2 Å². The van der Waals surface area contributed by atoms with Gasteiger partial charge in [0, 0.05) is 5.70 Å². The summed E-state index contributed by atoms with van der Waals surface area (Å²) in [5, 5.41) is 0. The van der Waals surface area contributed by atoms with Crippen molar-refractivity contribution in [2.24, 2.45) is 4.99 Å². The van der Waals surface area contributed by atoms with Crippen LogP contribution in [-0.2, 0) is 9.47 Å². The van der Waals surface area contributed by atoms with E-state index >= 15 is 0 Å². The van der Waals surface area contributed by atoms with Crippen molar-refractivity contribution in [3.05, 3.63) is 24.6 Å². The third-order valence-electron chi connectivity index (χ3n) is 1.35. The number of allylic oxidation sites excluding steroid dienone is 2. The van der Waals surface area contributed by atoms with E-state index in [1.165, 1.54) is 0 Å². The van der Waals surface area contributed by atoms with Gasteiger partial charge in [0.2, 0.25) is 0 Å². The van der Waals surface area contributed by atoms with Crippen LogP contribution < -0.4 is 0 Å². The molecule has 1 rings (SSSR count). The molecular formula is C9H13NO2. The van der Waals surface area contributed by atoms with Gasteiger partial charge in [-0.3, -0.25) is 4.99 Å². The molecular weight excluding hydrogens is 154 g/mol. The van der Waals surface area contributed by atoms with Crippen molar-refractivity contribution >= 4 is 6.21 Å². The lowest BCUT2D eigenvalue weighted by atomic mass is 10.3. The van der Waals surface area contributed by atoms with Crippen LogP contribution in [-0.4, -0.2) is 25.5 Å². The molecule has 0 aliphatic carbocycles. The van der Waals surface area contributed by atoms with E-state index in [1.807, 2.05) is 6.92 Å². The average Bonchev–Trinajstić information content (AvgIpc) is 1.93. The van der Waals surface area contributed by atoms with Crippen LogP contribution in [0.1, 0.15) is 6.92 Å². The first-order valence-corrected chi connectivity index (χ1v) is 3.81. The van der Waals surface area contributed by atoms with E-state index in [2.05, 4.69) is 18.2 Å². The topological polar surface area (TPSA) is 30.8 Å². The molecule has 12 heavy (non-hydrogen) atoms. The summed E-state index contributed by atoms with van der Waals surface area (Å²) >= 11 is 0. The molecule has 0 unspecified atom stereocenters. The Labute approximate surface area is 72.4 Å². The Kier molecular flexibility index (Phi) is 3.05. The summed E-state index contributed by atoms with van der Waals surface area (Å²) in [5.41, 5.74) is 0.740. The highest BCUT2D eigenvalue weighted by Gasteiger charge is 2.19. The Morgan fingerprint density at radius 1 is 1.58 bits per heavy atom. The van der Waals surface area contributed by atoms with Crippen molar-refractivity contribution < 1.29 is 9.47 Å². The lowest BCUT2D eigenvalue weighted by Crippen LogP contribution is -2.35. The van der Waals surface area contributed by atoms with E-state index in [-0.39, 0.29) is 6.10 Å². The maximum Gasteiger partial charge on any atom is 0.145 e. The van der Waals surface area contributed by atoms with Gasteiger partial charge in [-0.1, -0.05) is 13.2 Å². The highest BCUT2D eigenvalue weighted by atomic mass is 16.6. The second-order valence-electron chi connectivity index (χ2n) is 2.74. The summed E-state index contributed by atoms with van der Waals surface area (Å²) in [6, 6.07) is 0. The molecule has 0 saturated carbocycles. The summed E-state index contributed by atoms with van der Waals surface area (Å²) in [4.78, 5) is 3.95. The van der Waals surface area contributed by atoms with Crippen LogP contribution in [0.5, 0.6) is 0 Å². The number of rotatable bonds is 4. The molecule has 0 atom stereocenters. The molecule has 0 amide bonds. The van der Waals surface area contributed by atoms with E-state index < -0.39 is 0 Å². The van der Waals surface area contributed by atoms with Crippen LogP contribution in [0.3, 0.4) is 0 Å². The third kappa shape index (κ3) is 2.88. The standard InChI is InChI=1S/C9H13NO2/c1-7(2)10-4-8(3)12-9-5-11-6-9/h4,9H,1,3,5-6H2,2H3. The predicted molar refractivity (Wildman–Crippen MR) is 48.1 cm³/mol. The van der Waals surface area contributed by atoms with Gasteiger partial charge in [-0.15, -0.1) is 0 Å². The average molecular weight is 167 g/mol. The molecule has 0 bridgehead atoms. The molecule has 1 aliphatic rings. The van der Waals surface area contributed by atoms with E-state index in [0.717, 1.165) is 5.70 Å². The Morgan fingerprint density at radius 2 is 2.25 bits per heavy atom. The van der Waals surface area contributed by atoms with Crippen LogP contribution in [0.4, 0.5) is 0 Å². The molecule has 0 N–H and O–H groups in total. The number of hydrogen-bond acceptors (Lipinski definition) is 3. The minimum absolute atomic E-state index is 0.161. The van der Waals surface area contributed by atoms with Gasteiger partial charge in [0.15, 0.2) is 0 Å². The highest BCUT2D eigenvalue weighted by molar-refractivity contribution is 5.75. The fourth-order valence-electron chi connectivity index (χ4n) is 0.709. The van der Waals surface area contributed by atoms with Gasteiger partial charge in [-0.2, -0.15) is 0 Å². The zero-order chi connectivity index (χ0) is 8.97. The molecule has 0 aromatic carbocycles. The van der Waals surface area contributed by atoms with Crippen LogP contribution in [0.2, 0.25) is 0 Å². The first-order chi connectivity index (χ1) is 5.68. The quantitative estimate of drug-likeness (QED) is 0.469. The molecule has 1 saturated heterocycles. The summed E-state index contributed by atoms with van der Waals surface area (Å²) in [5.74, 6) is 0.561. The Morgan fingerprint density at radius 3 is 2.67 bits per heavy atom. The fourth-order valence-corrected chi connectivity index (χ4v) is 0.709. The zero-order valence-corrected chi connectivity index (χ0v) is 7.25. The molecule has 0 aromatic rings. The third-order valence-corrected chi connectivity index (χ3v) is 1.35. The Hall–Kier alpha value is -1.09. The molecule has 1 fully saturated rings. The van der Waals surface area contributed by atoms with Crippen LogP contribution >= 0.6 is 0 Å².